The molecular formula is C24H25ClFN5O5S2. The maximum Gasteiger partial charge on any atom is 0.341 e. The van der Waals surface area contributed by atoms with Crippen molar-refractivity contribution in [3.8, 4) is 5.75 Å². The zero-order valence-electron chi connectivity index (χ0n) is 21.0. The molecule has 0 saturated heterocycles. The lowest BCUT2D eigenvalue weighted by Crippen LogP contribution is -2.21. The Balaban J connectivity index is 1.72. The SMILES string of the molecule is C=CCn1c(COc2ccc(F)c(Cl)c2)nnc1SCC(=O)Nc1sc(C(=O)N(C)C)c(C)c1C(=O)OC. The van der Waals surface area contributed by atoms with Gasteiger partial charge in [-0.05, 0) is 24.6 Å². The van der Waals surface area contributed by atoms with Gasteiger partial charge in [0.2, 0.25) is 5.91 Å². The molecular weight excluding hydrogens is 557 g/mol. The first-order chi connectivity index (χ1) is 18.1. The number of methoxy groups -OCH3 is 1. The Morgan fingerprint density at radius 1 is 1.32 bits per heavy atom. The predicted octanol–water partition coefficient (Wildman–Crippen LogP) is 4.42. The molecule has 0 saturated carbocycles. The number of allylic oxidation sites excluding steroid dienone is 1. The number of esters is 1. The predicted molar refractivity (Wildman–Crippen MR) is 144 cm³/mol. The van der Waals surface area contributed by atoms with E-state index >= 15 is 0 Å². The molecule has 0 unspecified atom stereocenters. The van der Waals surface area contributed by atoms with E-state index in [1.54, 1.807) is 31.7 Å². The van der Waals surface area contributed by atoms with E-state index in [-0.39, 0.29) is 33.9 Å². The van der Waals surface area contributed by atoms with Crippen LogP contribution >= 0.6 is 34.7 Å². The Kier molecular flexibility index (Phi) is 9.89. The first-order valence-electron chi connectivity index (χ1n) is 11.0. The lowest BCUT2D eigenvalue weighted by Gasteiger charge is -2.10. The van der Waals surface area contributed by atoms with Gasteiger partial charge in [-0.15, -0.1) is 28.1 Å². The minimum Gasteiger partial charge on any atom is -0.486 e. The summed E-state index contributed by atoms with van der Waals surface area (Å²) in [5.41, 5.74) is 0.567. The minimum atomic E-state index is -0.655. The quantitative estimate of drug-likeness (QED) is 0.201. The monoisotopic (exact) mass is 581 g/mol. The van der Waals surface area contributed by atoms with Gasteiger partial charge in [-0.2, -0.15) is 0 Å². The molecule has 0 atom stereocenters. The summed E-state index contributed by atoms with van der Waals surface area (Å²) in [6, 6.07) is 4.01. The lowest BCUT2D eigenvalue weighted by molar-refractivity contribution is -0.113. The number of hydrogen-bond acceptors (Lipinski definition) is 9. The van der Waals surface area contributed by atoms with Crippen molar-refractivity contribution >= 4 is 57.5 Å². The molecule has 10 nitrogen and oxygen atoms in total. The van der Waals surface area contributed by atoms with Gasteiger partial charge in [0.1, 0.15) is 23.2 Å². The molecule has 3 aromatic rings. The summed E-state index contributed by atoms with van der Waals surface area (Å²) in [6.45, 7) is 5.75. The Hall–Kier alpha value is -3.42. The van der Waals surface area contributed by atoms with Gasteiger partial charge in [0.25, 0.3) is 5.91 Å². The fourth-order valence-electron chi connectivity index (χ4n) is 3.21. The second kappa shape index (κ2) is 12.9. The van der Waals surface area contributed by atoms with Crippen LogP contribution in [0.2, 0.25) is 5.02 Å². The summed E-state index contributed by atoms with van der Waals surface area (Å²) < 4.78 is 25.6. The molecule has 2 amide bonds. The van der Waals surface area contributed by atoms with Crippen molar-refractivity contribution in [2.45, 2.75) is 25.2 Å². The number of amides is 2. The van der Waals surface area contributed by atoms with E-state index in [2.05, 4.69) is 22.1 Å². The molecule has 0 aliphatic rings. The largest absolute Gasteiger partial charge is 0.486 e. The van der Waals surface area contributed by atoms with Gasteiger partial charge >= 0.3 is 5.97 Å². The van der Waals surface area contributed by atoms with Crippen molar-refractivity contribution in [2.24, 2.45) is 0 Å². The van der Waals surface area contributed by atoms with E-state index in [1.165, 1.54) is 30.2 Å². The van der Waals surface area contributed by atoms with Crippen LogP contribution in [0.25, 0.3) is 0 Å². The molecule has 0 fully saturated rings. The highest BCUT2D eigenvalue weighted by molar-refractivity contribution is 7.99. The van der Waals surface area contributed by atoms with Crippen molar-refractivity contribution < 1.29 is 28.2 Å². The molecule has 0 bridgehead atoms. The summed E-state index contributed by atoms with van der Waals surface area (Å²) in [7, 11) is 4.43. The van der Waals surface area contributed by atoms with Gasteiger partial charge < -0.3 is 19.7 Å². The average molecular weight is 582 g/mol. The van der Waals surface area contributed by atoms with Crippen LogP contribution in [0.3, 0.4) is 0 Å². The van der Waals surface area contributed by atoms with Crippen LogP contribution in [0.4, 0.5) is 9.39 Å². The molecule has 0 aliphatic carbocycles. The smallest absolute Gasteiger partial charge is 0.341 e. The second-order valence-electron chi connectivity index (χ2n) is 7.95. The molecule has 2 aromatic heterocycles. The third kappa shape index (κ3) is 6.71. The number of nitrogens with zero attached hydrogens (tertiary/aromatic N) is 4. The highest BCUT2D eigenvalue weighted by Gasteiger charge is 2.27. The van der Waals surface area contributed by atoms with Crippen molar-refractivity contribution in [1.29, 1.82) is 0 Å². The van der Waals surface area contributed by atoms with Crippen LogP contribution in [0.15, 0.2) is 36.0 Å². The summed E-state index contributed by atoms with van der Waals surface area (Å²) in [5, 5.41) is 11.6. The molecule has 2 heterocycles. The van der Waals surface area contributed by atoms with Crippen molar-refractivity contribution in [3.63, 3.8) is 0 Å². The number of nitrogens with one attached hydrogen (secondary N) is 1. The van der Waals surface area contributed by atoms with Crippen LogP contribution in [0.5, 0.6) is 5.75 Å². The van der Waals surface area contributed by atoms with E-state index < -0.39 is 17.7 Å². The van der Waals surface area contributed by atoms with Gasteiger partial charge in [0, 0.05) is 26.7 Å². The highest BCUT2D eigenvalue weighted by atomic mass is 35.5. The number of rotatable bonds is 11. The summed E-state index contributed by atoms with van der Waals surface area (Å²) >= 11 is 7.93. The summed E-state index contributed by atoms with van der Waals surface area (Å²) in [4.78, 5) is 39.4. The molecule has 1 aromatic carbocycles. The topological polar surface area (TPSA) is 116 Å². The third-order valence-electron chi connectivity index (χ3n) is 5.09. The number of carbonyl (C=O) groups is 3. The third-order valence-corrected chi connectivity index (χ3v) is 7.54. The Bertz CT molecular complexity index is 1370. The van der Waals surface area contributed by atoms with E-state index in [4.69, 9.17) is 21.1 Å². The van der Waals surface area contributed by atoms with Gasteiger partial charge in [0.05, 0.1) is 28.3 Å². The average Bonchev–Trinajstić information content (AvgIpc) is 3.42. The fraction of sp³-hybridized carbons (Fsp3) is 0.292. The van der Waals surface area contributed by atoms with E-state index in [0.717, 1.165) is 23.1 Å². The summed E-state index contributed by atoms with van der Waals surface area (Å²) in [6.07, 6.45) is 1.64. The van der Waals surface area contributed by atoms with E-state index in [9.17, 15) is 18.8 Å². The molecule has 0 radical (unpaired) electrons. The van der Waals surface area contributed by atoms with Crippen LogP contribution in [0.1, 0.15) is 31.4 Å². The number of carbonyl (C=O) groups excluding carboxylic acids is 3. The molecule has 0 spiro atoms. The maximum atomic E-state index is 13.4. The standard InChI is InChI=1S/C24H25ClFN5O5S2/c1-6-9-31-17(11-36-14-7-8-16(26)15(25)10-14)28-29-24(31)37-12-18(32)27-21-19(23(34)35-5)13(2)20(38-21)22(33)30(3)4/h6-8,10H,1,9,11-12H2,2-5H3,(H,27,32). The Morgan fingerprint density at radius 2 is 2.05 bits per heavy atom. The minimum absolute atomic E-state index is 0.0230. The van der Waals surface area contributed by atoms with Crippen LogP contribution in [0, 0.1) is 12.7 Å². The number of hydrogen-bond donors (Lipinski definition) is 1. The highest BCUT2D eigenvalue weighted by Crippen LogP contribution is 2.34. The van der Waals surface area contributed by atoms with E-state index in [0.29, 0.717) is 33.7 Å². The number of thioether (sulfide) groups is 1. The first-order valence-corrected chi connectivity index (χ1v) is 13.2. The second-order valence-corrected chi connectivity index (χ2v) is 10.3. The lowest BCUT2D eigenvalue weighted by atomic mass is 10.1. The van der Waals surface area contributed by atoms with Crippen molar-refractivity contribution in [2.75, 3.05) is 32.3 Å². The molecule has 3 rings (SSSR count). The molecule has 202 valence electrons. The first kappa shape index (κ1) is 29.1. The van der Waals surface area contributed by atoms with Crippen LogP contribution in [-0.4, -0.2) is 64.4 Å². The summed E-state index contributed by atoms with van der Waals surface area (Å²) in [5.74, 6) is -1.15. The van der Waals surface area contributed by atoms with Crippen molar-refractivity contribution in [1.82, 2.24) is 19.7 Å². The van der Waals surface area contributed by atoms with Crippen LogP contribution < -0.4 is 10.1 Å². The van der Waals surface area contributed by atoms with E-state index in [1.807, 2.05) is 0 Å². The van der Waals surface area contributed by atoms with Gasteiger partial charge in [-0.1, -0.05) is 29.4 Å². The van der Waals surface area contributed by atoms with Gasteiger partial charge in [-0.3, -0.25) is 14.2 Å². The number of thiophene rings is 1. The molecule has 38 heavy (non-hydrogen) atoms. The maximum absolute atomic E-state index is 13.4. The Labute approximate surface area is 231 Å². The number of ether oxygens (including phenoxy) is 2. The zero-order chi connectivity index (χ0) is 28.0. The number of benzene rings is 1. The molecule has 0 aliphatic heterocycles. The number of halogens is 2. The molecule has 14 heteroatoms. The van der Waals surface area contributed by atoms with Crippen molar-refractivity contribution in [3.05, 3.63) is 63.5 Å². The number of aromatic nitrogens is 3. The fourth-order valence-corrected chi connectivity index (χ4v) is 5.38. The normalized spacial score (nSPS) is 10.7. The number of anilines is 1. The zero-order valence-corrected chi connectivity index (χ0v) is 23.4. The Morgan fingerprint density at radius 3 is 2.68 bits per heavy atom. The molecule has 1 N–H and O–H groups in total. The van der Waals surface area contributed by atoms with Gasteiger partial charge in [0.15, 0.2) is 11.0 Å². The van der Waals surface area contributed by atoms with Gasteiger partial charge in [-0.25, -0.2) is 9.18 Å². The van der Waals surface area contributed by atoms with Crippen LogP contribution in [-0.2, 0) is 22.7 Å².